The molecule has 17 heteroatoms. The van der Waals surface area contributed by atoms with Crippen molar-refractivity contribution in [2.75, 3.05) is 6.54 Å². The van der Waals surface area contributed by atoms with Crippen LogP contribution in [0.15, 0.2) is 35.7 Å². The maximum Gasteiger partial charge on any atom is 0.408 e. The first-order valence-electron chi connectivity index (χ1n) is 23.7. The third-order valence-electron chi connectivity index (χ3n) is 15.2. The van der Waals surface area contributed by atoms with Gasteiger partial charge in [0.1, 0.15) is 40.4 Å². The molecule has 0 radical (unpaired) electrons. The van der Waals surface area contributed by atoms with Gasteiger partial charge in [-0.1, -0.05) is 43.9 Å². The molecule has 0 bridgehead atoms. The zero-order valence-corrected chi connectivity index (χ0v) is 38.7. The number of rotatable bonds is 10. The van der Waals surface area contributed by atoms with Crippen LogP contribution in [0.4, 0.5) is 4.79 Å². The van der Waals surface area contributed by atoms with Crippen LogP contribution in [0.2, 0.25) is 0 Å². The average Bonchev–Trinajstić information content (AvgIpc) is 3.97. The van der Waals surface area contributed by atoms with E-state index in [9.17, 15) is 27.6 Å². The Morgan fingerprint density at radius 2 is 1.73 bits per heavy atom. The van der Waals surface area contributed by atoms with E-state index in [1.54, 1.807) is 18.3 Å². The third kappa shape index (κ3) is 8.32. The molecule has 5 saturated carbocycles. The lowest BCUT2D eigenvalue weighted by atomic mass is 10.0. The van der Waals surface area contributed by atoms with E-state index in [1.165, 1.54) is 24.2 Å². The number of carbonyl (C=O) groups excluding carboxylic acids is 4. The Balaban J connectivity index is 0.950. The summed E-state index contributed by atoms with van der Waals surface area (Å²) in [6.45, 7) is 5.72. The minimum absolute atomic E-state index is 0.0107. The van der Waals surface area contributed by atoms with Gasteiger partial charge in [0, 0.05) is 35.2 Å². The molecule has 2 aliphatic heterocycles. The molecule has 7 aliphatic rings. The fourth-order valence-corrected chi connectivity index (χ4v) is 13.1. The highest BCUT2D eigenvalue weighted by Gasteiger charge is 2.63. The first-order chi connectivity index (χ1) is 30.7. The van der Waals surface area contributed by atoms with E-state index in [4.69, 9.17) is 19.4 Å². The van der Waals surface area contributed by atoms with Crippen LogP contribution in [0.5, 0.6) is 6.01 Å². The molecular formula is C47H61N7O8S2. The number of ether oxygens (including phenoxy) is 2. The lowest BCUT2D eigenvalue weighted by Gasteiger charge is -2.30. The second-order valence-corrected chi connectivity index (χ2v) is 23.3. The number of fused-ring (bicyclic) bond motifs is 4. The number of nitrogens with zero attached hydrogens (tertiary/aromatic N) is 4. The predicted octanol–water partition coefficient (Wildman–Crippen LogP) is 7.03. The van der Waals surface area contributed by atoms with Gasteiger partial charge in [-0.2, -0.15) is 4.98 Å². The Morgan fingerprint density at radius 3 is 2.48 bits per heavy atom. The van der Waals surface area contributed by atoms with Crippen molar-refractivity contribution in [1.82, 2.24) is 34.8 Å². The molecule has 2 aromatic heterocycles. The molecule has 3 aromatic rings. The Kier molecular flexibility index (Phi) is 11.3. The van der Waals surface area contributed by atoms with Crippen LogP contribution in [0.1, 0.15) is 141 Å². The SMILES string of the molecule is CC(C)n1c(O[C@@H]2C[C@H]3C(=O)N[C@]4(C(=O)NS(=O)(=O)C5(C)CC5)C[C@H]4/C=C\CCCCC[C@H](NC(=O)OC4C[C@@H]5C[C@@H]5C4)C(=O)N3C2)nc2c(-c3nc(C4CCCC4)cs3)cccc21. The summed E-state index contributed by atoms with van der Waals surface area (Å²) >= 11 is 1.62. The normalized spacial score (nSPS) is 31.9. The van der Waals surface area contributed by atoms with Crippen molar-refractivity contribution in [3.63, 3.8) is 0 Å². The molecule has 10 rings (SSSR count). The van der Waals surface area contributed by atoms with Gasteiger partial charge >= 0.3 is 6.09 Å². The number of imidazole rings is 1. The van der Waals surface area contributed by atoms with Gasteiger partial charge in [-0.05, 0) is 115 Å². The molecule has 344 valence electrons. The van der Waals surface area contributed by atoms with Crippen LogP contribution in [-0.2, 0) is 29.1 Å². The minimum Gasteiger partial charge on any atom is -0.459 e. The van der Waals surface area contributed by atoms with Crippen molar-refractivity contribution in [2.45, 2.75) is 170 Å². The quantitative estimate of drug-likeness (QED) is 0.178. The van der Waals surface area contributed by atoms with Gasteiger partial charge in [0.05, 0.1) is 22.5 Å². The summed E-state index contributed by atoms with van der Waals surface area (Å²) in [6.07, 6.45) is 14.4. The second kappa shape index (κ2) is 16.7. The summed E-state index contributed by atoms with van der Waals surface area (Å²) in [5, 5.41) is 8.92. The largest absolute Gasteiger partial charge is 0.459 e. The molecule has 0 spiro atoms. The van der Waals surface area contributed by atoms with Gasteiger partial charge in [-0.3, -0.25) is 23.7 Å². The smallest absolute Gasteiger partial charge is 0.408 e. The van der Waals surface area contributed by atoms with E-state index >= 15 is 0 Å². The van der Waals surface area contributed by atoms with Crippen LogP contribution in [-0.4, -0.2) is 92.8 Å². The highest BCUT2D eigenvalue weighted by molar-refractivity contribution is 7.91. The van der Waals surface area contributed by atoms with Gasteiger partial charge in [0.15, 0.2) is 0 Å². The van der Waals surface area contributed by atoms with Crippen molar-refractivity contribution in [2.24, 2.45) is 17.8 Å². The summed E-state index contributed by atoms with van der Waals surface area (Å²) in [6, 6.07) is 4.27. The number of aromatic nitrogens is 3. The van der Waals surface area contributed by atoms with Crippen LogP contribution >= 0.6 is 11.3 Å². The fourth-order valence-electron chi connectivity index (χ4n) is 10.8. The molecule has 8 atom stereocenters. The van der Waals surface area contributed by atoms with Crippen molar-refractivity contribution in [1.29, 1.82) is 0 Å². The van der Waals surface area contributed by atoms with Crippen LogP contribution in [0.3, 0.4) is 0 Å². The maximum absolute atomic E-state index is 14.9. The number of carbonyl (C=O) groups is 4. The summed E-state index contributed by atoms with van der Waals surface area (Å²) in [4.78, 5) is 68.8. The van der Waals surface area contributed by atoms with Gasteiger partial charge < -0.3 is 25.0 Å². The topological polar surface area (TPSA) is 191 Å². The van der Waals surface area contributed by atoms with Gasteiger partial charge in [-0.25, -0.2) is 18.2 Å². The van der Waals surface area contributed by atoms with Crippen molar-refractivity contribution < 1.29 is 37.1 Å². The first kappa shape index (κ1) is 43.4. The monoisotopic (exact) mass is 915 g/mol. The lowest BCUT2D eigenvalue weighted by molar-refractivity contribution is -0.141. The summed E-state index contributed by atoms with van der Waals surface area (Å²) < 4.78 is 42.6. The predicted molar refractivity (Wildman–Crippen MR) is 241 cm³/mol. The van der Waals surface area contributed by atoms with Crippen molar-refractivity contribution in [3.8, 4) is 16.6 Å². The van der Waals surface area contributed by atoms with E-state index in [-0.39, 0.29) is 31.5 Å². The molecule has 4 heterocycles. The number of benzene rings is 1. The molecule has 4 amide bonds. The van der Waals surface area contributed by atoms with E-state index < -0.39 is 68.2 Å². The molecule has 1 saturated heterocycles. The van der Waals surface area contributed by atoms with E-state index in [0.717, 1.165) is 65.8 Å². The van der Waals surface area contributed by atoms with Gasteiger partial charge in [-0.15, -0.1) is 11.3 Å². The number of hydrogen-bond donors (Lipinski definition) is 3. The van der Waals surface area contributed by atoms with Gasteiger partial charge in [0.25, 0.3) is 11.9 Å². The number of nitrogens with one attached hydrogen (secondary N) is 3. The highest BCUT2D eigenvalue weighted by Crippen LogP contribution is 2.53. The number of amides is 4. The summed E-state index contributed by atoms with van der Waals surface area (Å²) in [5.74, 6) is -0.544. The summed E-state index contributed by atoms with van der Waals surface area (Å²) in [7, 11) is -4.00. The molecular weight excluding hydrogens is 855 g/mol. The van der Waals surface area contributed by atoms with E-state index in [2.05, 4.69) is 34.6 Å². The molecule has 64 heavy (non-hydrogen) atoms. The number of sulfonamides is 1. The Bertz CT molecular complexity index is 2460. The number of para-hydroxylation sites is 1. The molecule has 1 unspecified atom stereocenters. The molecule has 3 N–H and O–H groups in total. The molecule has 5 aliphatic carbocycles. The van der Waals surface area contributed by atoms with Crippen molar-refractivity contribution >= 4 is 56.2 Å². The van der Waals surface area contributed by atoms with Gasteiger partial charge in [0.2, 0.25) is 21.8 Å². The minimum atomic E-state index is -4.00. The van der Waals surface area contributed by atoms with E-state index in [1.807, 2.05) is 34.9 Å². The first-order valence-corrected chi connectivity index (χ1v) is 26.0. The maximum atomic E-state index is 14.9. The standard InChI is InChI=1S/C47H61N7O8S2/c1-27(2)54-37-17-11-15-34(41-48-36(26-63-41)28-12-9-10-13-28)39(37)50-44(54)61-33-23-38-40(55)51-47(43(57)52-64(59,60)46(3)18-19-46)24-31(47)14-7-5-4-6-8-16-35(42(56)53(38)25-33)49-45(58)62-32-21-29-20-30(29)22-32/h7,11,14-15,17,26-33,35,38H,4-6,8-10,12-13,16,18-25H2,1-3H3,(H,49,58)(H,51,55)(H,52,57)/b14-7-/t29-,30+,31-,32?,33-,35+,38+,47-/m1/s1. The average molecular weight is 916 g/mol. The molecule has 6 fully saturated rings. The number of hydrogen-bond acceptors (Lipinski definition) is 11. The number of allylic oxidation sites excluding steroid dienone is 1. The summed E-state index contributed by atoms with van der Waals surface area (Å²) in [5.41, 5.74) is 2.15. The highest BCUT2D eigenvalue weighted by atomic mass is 32.2. The van der Waals surface area contributed by atoms with Crippen LogP contribution in [0.25, 0.3) is 21.6 Å². The van der Waals surface area contributed by atoms with Crippen LogP contribution < -0.4 is 20.1 Å². The van der Waals surface area contributed by atoms with E-state index in [0.29, 0.717) is 55.9 Å². The second-order valence-electron chi connectivity index (χ2n) is 20.2. The third-order valence-corrected chi connectivity index (χ3v) is 18.3. The Hall–Kier alpha value is -4.51. The lowest BCUT2D eigenvalue weighted by Crippen LogP contribution is -2.58. The number of thiazole rings is 1. The van der Waals surface area contributed by atoms with Crippen molar-refractivity contribution in [3.05, 3.63) is 41.4 Å². The number of alkyl carbamates (subject to hydrolysis) is 1. The molecule has 15 nitrogen and oxygen atoms in total. The Morgan fingerprint density at radius 1 is 0.969 bits per heavy atom. The Labute approximate surface area is 378 Å². The zero-order chi connectivity index (χ0) is 44.5. The molecule has 1 aromatic carbocycles. The van der Waals surface area contributed by atoms with Crippen LogP contribution in [0, 0.1) is 17.8 Å². The fraction of sp³-hybridized carbons (Fsp3) is 0.660. The zero-order valence-electron chi connectivity index (χ0n) is 37.1.